The molecule has 0 aliphatic heterocycles. The van der Waals surface area contributed by atoms with E-state index in [9.17, 15) is 9.36 Å². The first-order valence-corrected chi connectivity index (χ1v) is 12.6. The predicted octanol–water partition coefficient (Wildman–Crippen LogP) is 2.95. The van der Waals surface area contributed by atoms with Crippen molar-refractivity contribution >= 4 is 30.4 Å². The van der Waals surface area contributed by atoms with E-state index < -0.39 is 20.0 Å². The molecule has 1 fully saturated rings. The number of fused-ring (bicyclic) bond motifs is 1. The van der Waals surface area contributed by atoms with E-state index in [0.717, 1.165) is 38.0 Å². The Morgan fingerprint density at radius 3 is 2.74 bits per heavy atom. The molecule has 2 heterocycles. The van der Waals surface area contributed by atoms with Crippen molar-refractivity contribution in [3.8, 4) is 0 Å². The van der Waals surface area contributed by atoms with Gasteiger partial charge in [-0.2, -0.15) is 0 Å². The number of hydrogen-bond acceptors (Lipinski definition) is 7. The summed E-state index contributed by atoms with van der Waals surface area (Å²) < 4.78 is 17.9. The van der Waals surface area contributed by atoms with Gasteiger partial charge in [-0.1, -0.05) is 19.8 Å². The van der Waals surface area contributed by atoms with Crippen molar-refractivity contribution in [2.24, 2.45) is 11.8 Å². The maximum Gasteiger partial charge on any atom is 0.350 e. The summed E-state index contributed by atoms with van der Waals surface area (Å²) in [4.78, 5) is 43.2. The summed E-state index contributed by atoms with van der Waals surface area (Å²) in [5.74, 6) is 1.94. The Labute approximate surface area is 182 Å². The van der Waals surface area contributed by atoms with Crippen molar-refractivity contribution in [3.63, 3.8) is 0 Å². The zero-order valence-electron chi connectivity index (χ0n) is 18.1. The number of rotatable bonds is 11. The fourth-order valence-corrected chi connectivity index (χ4v) is 4.40. The van der Waals surface area contributed by atoms with E-state index in [-0.39, 0.29) is 5.92 Å². The minimum absolute atomic E-state index is 0.229. The van der Waals surface area contributed by atoms with Crippen LogP contribution in [-0.2, 0) is 20.6 Å². The number of ketones is 1. The van der Waals surface area contributed by atoms with Gasteiger partial charge in [0.15, 0.2) is 11.5 Å². The Hall–Kier alpha value is -1.87. The van der Waals surface area contributed by atoms with Gasteiger partial charge < -0.3 is 24.4 Å². The standard InChI is InChI=1S/C20H32N5O5P/c1-14-5-7-16(8-6-14)17(26)4-3-9-21-19-18-20(23-11-22-19)25(12-24-18)10-15(2)30-13-31(27,28)29/h11-12,14-16H,3-10,13H2,1-2H3,(H,21,22,23)(H2,27,28,29)/t14?,15-,16?/m1/s1. The molecule has 0 amide bonds. The second-order valence-corrected chi connectivity index (χ2v) is 10.1. The topological polar surface area (TPSA) is 139 Å². The summed E-state index contributed by atoms with van der Waals surface area (Å²) in [6, 6.07) is 0. The van der Waals surface area contributed by atoms with Crippen molar-refractivity contribution in [2.75, 3.05) is 18.2 Å². The first-order chi connectivity index (χ1) is 14.7. The third kappa shape index (κ3) is 7.07. The molecule has 0 unspecified atom stereocenters. The molecule has 3 N–H and O–H groups in total. The smallest absolute Gasteiger partial charge is 0.350 e. The van der Waals surface area contributed by atoms with Crippen LogP contribution in [0.1, 0.15) is 52.4 Å². The zero-order chi connectivity index (χ0) is 22.4. The monoisotopic (exact) mass is 453 g/mol. The van der Waals surface area contributed by atoms with Crippen LogP contribution in [0.3, 0.4) is 0 Å². The molecule has 0 radical (unpaired) electrons. The second kappa shape index (κ2) is 10.6. The minimum atomic E-state index is -4.21. The number of nitrogens with zero attached hydrogens (tertiary/aromatic N) is 4. The van der Waals surface area contributed by atoms with Crippen LogP contribution < -0.4 is 5.32 Å². The number of hydrogen-bond donors (Lipinski definition) is 3. The van der Waals surface area contributed by atoms with Crippen LogP contribution in [0.4, 0.5) is 5.82 Å². The lowest BCUT2D eigenvalue weighted by atomic mass is 9.80. The number of anilines is 1. The highest BCUT2D eigenvalue weighted by Gasteiger charge is 2.23. The van der Waals surface area contributed by atoms with E-state index >= 15 is 0 Å². The molecular weight excluding hydrogens is 421 g/mol. The number of imidazole rings is 1. The molecule has 172 valence electrons. The summed E-state index contributed by atoms with van der Waals surface area (Å²) in [6.45, 7) is 4.95. The van der Waals surface area contributed by atoms with Gasteiger partial charge in [0, 0.05) is 18.9 Å². The Morgan fingerprint density at radius 1 is 1.29 bits per heavy atom. The number of carbonyl (C=O) groups excluding carboxylic acids is 1. The molecule has 0 aromatic carbocycles. The maximum atomic E-state index is 12.4. The highest BCUT2D eigenvalue weighted by Crippen LogP contribution is 2.34. The molecule has 1 aliphatic carbocycles. The van der Waals surface area contributed by atoms with Gasteiger partial charge in [0.2, 0.25) is 0 Å². The van der Waals surface area contributed by atoms with E-state index in [1.807, 2.05) is 0 Å². The number of carbonyl (C=O) groups is 1. The largest absolute Gasteiger partial charge is 0.368 e. The lowest BCUT2D eigenvalue weighted by Gasteiger charge is -2.25. The number of nitrogens with one attached hydrogen (secondary N) is 1. The second-order valence-electron chi connectivity index (χ2n) is 8.52. The number of Topliss-reactive ketones (excluding diaryl/α,β-unsaturated/α-hetero) is 1. The molecule has 0 spiro atoms. The zero-order valence-corrected chi connectivity index (χ0v) is 19.0. The van der Waals surface area contributed by atoms with Crippen molar-refractivity contribution in [1.29, 1.82) is 0 Å². The van der Waals surface area contributed by atoms with Gasteiger partial charge >= 0.3 is 7.60 Å². The van der Waals surface area contributed by atoms with Crippen LogP contribution in [0, 0.1) is 11.8 Å². The lowest BCUT2D eigenvalue weighted by molar-refractivity contribution is -0.124. The van der Waals surface area contributed by atoms with Crippen LogP contribution in [0.5, 0.6) is 0 Å². The summed E-state index contributed by atoms with van der Waals surface area (Å²) in [7, 11) is -4.21. The third-order valence-corrected chi connectivity index (χ3v) is 6.23. The fraction of sp³-hybridized carbons (Fsp3) is 0.700. The van der Waals surface area contributed by atoms with E-state index in [2.05, 4.69) is 27.2 Å². The van der Waals surface area contributed by atoms with Crippen LogP contribution in [0.2, 0.25) is 0 Å². The lowest BCUT2D eigenvalue weighted by Crippen LogP contribution is -2.21. The average Bonchev–Trinajstić information content (AvgIpc) is 3.13. The van der Waals surface area contributed by atoms with E-state index in [4.69, 9.17) is 14.5 Å². The minimum Gasteiger partial charge on any atom is -0.368 e. The number of aromatic nitrogens is 4. The molecule has 11 heteroatoms. The van der Waals surface area contributed by atoms with E-state index in [1.165, 1.54) is 6.33 Å². The van der Waals surface area contributed by atoms with Gasteiger partial charge in [0.05, 0.1) is 19.0 Å². The Morgan fingerprint density at radius 2 is 2.03 bits per heavy atom. The fourth-order valence-electron chi connectivity index (χ4n) is 3.95. The van der Waals surface area contributed by atoms with Crippen molar-refractivity contribution in [2.45, 2.75) is 65.0 Å². The Kier molecular flexibility index (Phi) is 8.16. The van der Waals surface area contributed by atoms with Gasteiger partial charge in [-0.3, -0.25) is 9.36 Å². The molecule has 2 aromatic rings. The molecular formula is C20H32N5O5P. The molecule has 1 aliphatic rings. The van der Waals surface area contributed by atoms with Gasteiger partial charge in [0.1, 0.15) is 24.0 Å². The van der Waals surface area contributed by atoms with Crippen LogP contribution in [-0.4, -0.2) is 54.1 Å². The first-order valence-electron chi connectivity index (χ1n) is 10.8. The van der Waals surface area contributed by atoms with Gasteiger partial charge in [0.25, 0.3) is 0 Å². The summed E-state index contributed by atoms with van der Waals surface area (Å²) in [6.07, 6.45) is 7.66. The van der Waals surface area contributed by atoms with Gasteiger partial charge in [-0.05, 0) is 32.1 Å². The molecule has 0 bridgehead atoms. The van der Waals surface area contributed by atoms with Crippen LogP contribution in [0.25, 0.3) is 11.2 Å². The molecule has 10 nitrogen and oxygen atoms in total. The Balaban J connectivity index is 1.50. The number of ether oxygens (including phenoxy) is 1. The highest BCUT2D eigenvalue weighted by molar-refractivity contribution is 7.51. The van der Waals surface area contributed by atoms with E-state index in [0.29, 0.717) is 42.3 Å². The predicted molar refractivity (Wildman–Crippen MR) is 117 cm³/mol. The third-order valence-electron chi connectivity index (χ3n) is 5.75. The average molecular weight is 453 g/mol. The summed E-state index contributed by atoms with van der Waals surface area (Å²) >= 11 is 0. The van der Waals surface area contributed by atoms with Crippen molar-refractivity contribution < 1.29 is 23.9 Å². The molecule has 3 rings (SSSR count). The van der Waals surface area contributed by atoms with Gasteiger partial charge in [-0.15, -0.1) is 0 Å². The maximum absolute atomic E-state index is 12.4. The van der Waals surface area contributed by atoms with Crippen LogP contribution >= 0.6 is 7.60 Å². The van der Waals surface area contributed by atoms with Gasteiger partial charge in [-0.25, -0.2) is 15.0 Å². The normalized spacial score (nSPS) is 20.6. The van der Waals surface area contributed by atoms with E-state index in [1.54, 1.807) is 17.8 Å². The highest BCUT2D eigenvalue weighted by atomic mass is 31.2. The molecule has 31 heavy (non-hydrogen) atoms. The SMILES string of the molecule is CC1CCC(C(=O)CCCNc2ncnc3c2ncn3C[C@@H](C)OCP(=O)(O)O)CC1. The first kappa shape index (κ1) is 23.8. The molecule has 1 saturated carbocycles. The van der Waals surface area contributed by atoms with Crippen molar-refractivity contribution in [3.05, 3.63) is 12.7 Å². The summed E-state index contributed by atoms with van der Waals surface area (Å²) in [5.41, 5.74) is 1.22. The molecule has 2 aromatic heterocycles. The van der Waals surface area contributed by atoms with Crippen molar-refractivity contribution in [1.82, 2.24) is 19.5 Å². The Bertz CT molecular complexity index is 922. The van der Waals surface area contributed by atoms with Crippen LogP contribution in [0.15, 0.2) is 12.7 Å². The quantitative estimate of drug-likeness (QED) is 0.346. The molecule has 1 atom stereocenters. The molecule has 0 saturated heterocycles. The summed E-state index contributed by atoms with van der Waals surface area (Å²) in [5, 5.41) is 3.25.